The summed E-state index contributed by atoms with van der Waals surface area (Å²) in [7, 11) is 2.94. The number of aldehydes is 1. The number of amidine groups is 1. The zero-order valence-corrected chi connectivity index (χ0v) is 24.3. The number of hydrogen-bond donors (Lipinski definition) is 2. The van der Waals surface area contributed by atoms with E-state index in [1.807, 2.05) is 19.1 Å². The summed E-state index contributed by atoms with van der Waals surface area (Å²) in [5.41, 5.74) is 9.09. The number of allylic oxidation sites excluding steroid dienone is 2. The molecule has 0 amide bonds. The number of aromatic nitrogens is 3. The van der Waals surface area contributed by atoms with Crippen molar-refractivity contribution >= 4 is 46.7 Å². The molecule has 0 radical (unpaired) electrons. The predicted molar refractivity (Wildman–Crippen MR) is 155 cm³/mol. The number of aryl methyl sites for hydroxylation is 1. The van der Waals surface area contributed by atoms with E-state index in [0.717, 1.165) is 46.7 Å². The molecule has 0 bridgehead atoms. The highest BCUT2D eigenvalue weighted by Gasteiger charge is 2.40. The number of rotatable bonds is 11. The fraction of sp³-hybridized carbons (Fsp3) is 0.481. The molecule has 1 saturated carbocycles. The van der Waals surface area contributed by atoms with Gasteiger partial charge in [-0.15, -0.1) is 11.8 Å². The number of nitrogens with two attached hydrogens (primary N) is 1. The van der Waals surface area contributed by atoms with E-state index in [1.165, 1.54) is 7.05 Å². The zero-order valence-electron chi connectivity index (χ0n) is 23.5. The average molecular weight is 577 g/mol. The Labute approximate surface area is 236 Å². The van der Waals surface area contributed by atoms with E-state index in [4.69, 9.17) is 5.73 Å². The largest absolute Gasteiger partial charge is 0.408 e. The molecular weight excluding hydrogens is 541 g/mol. The van der Waals surface area contributed by atoms with Gasteiger partial charge in [0.05, 0.1) is 28.5 Å². The van der Waals surface area contributed by atoms with Crippen LogP contribution in [0.5, 0.6) is 0 Å². The number of carbonyl (C=O) groups excluding carboxylic acids is 1. The van der Waals surface area contributed by atoms with Gasteiger partial charge in [0.25, 0.3) is 0 Å². The van der Waals surface area contributed by atoms with E-state index >= 15 is 0 Å². The first kappa shape index (κ1) is 31.1. The van der Waals surface area contributed by atoms with Crippen LogP contribution in [-0.4, -0.2) is 64.9 Å². The van der Waals surface area contributed by atoms with Crippen molar-refractivity contribution < 1.29 is 18.0 Å². The molecule has 0 spiro atoms. The molecule has 0 unspecified atom stereocenters. The molecule has 1 aliphatic rings. The molecule has 3 rings (SSSR count). The number of thioether (sulfide) groups is 1. The summed E-state index contributed by atoms with van der Waals surface area (Å²) in [6, 6.07) is 1.85. The topological polar surface area (TPSA) is 122 Å². The third kappa shape index (κ3) is 7.58. The Morgan fingerprint density at radius 2 is 2.02 bits per heavy atom. The van der Waals surface area contributed by atoms with Crippen molar-refractivity contribution in [3.63, 3.8) is 0 Å². The Hall–Kier alpha value is -3.48. The highest BCUT2D eigenvalue weighted by atomic mass is 32.2. The molecule has 2 aromatic heterocycles. The van der Waals surface area contributed by atoms with Crippen molar-refractivity contribution in [2.75, 3.05) is 30.1 Å². The summed E-state index contributed by atoms with van der Waals surface area (Å²) < 4.78 is 41.3. The molecule has 0 aliphatic heterocycles. The van der Waals surface area contributed by atoms with Crippen molar-refractivity contribution in [2.45, 2.75) is 64.3 Å². The van der Waals surface area contributed by atoms with Gasteiger partial charge in [-0.3, -0.25) is 14.8 Å². The summed E-state index contributed by atoms with van der Waals surface area (Å²) in [5.74, 6) is 1.14. The minimum Gasteiger partial charge on any atom is -0.402 e. The third-order valence-corrected chi connectivity index (χ3v) is 7.25. The van der Waals surface area contributed by atoms with E-state index in [9.17, 15) is 18.0 Å². The van der Waals surface area contributed by atoms with Gasteiger partial charge in [0.2, 0.25) is 0 Å². The molecule has 0 saturated heterocycles. The minimum absolute atomic E-state index is 0.0468. The minimum atomic E-state index is -4.53. The second-order valence-electron chi connectivity index (χ2n) is 9.48. The Morgan fingerprint density at radius 1 is 1.32 bits per heavy atom. The van der Waals surface area contributed by atoms with Crippen molar-refractivity contribution in [1.82, 2.24) is 15.0 Å². The summed E-state index contributed by atoms with van der Waals surface area (Å²) in [6.45, 7) is 6.53. The molecule has 13 heteroatoms. The monoisotopic (exact) mass is 576 g/mol. The second-order valence-corrected chi connectivity index (χ2v) is 10.8. The molecule has 2 aromatic rings. The molecule has 9 nitrogen and oxygen atoms in total. The molecule has 216 valence electrons. The molecule has 1 atom stereocenters. The van der Waals surface area contributed by atoms with Crippen molar-refractivity contribution in [3.8, 4) is 0 Å². The first-order valence-electron chi connectivity index (χ1n) is 12.9. The molecule has 3 N–H and O–H groups in total. The summed E-state index contributed by atoms with van der Waals surface area (Å²) in [5, 5.41) is 3.75. The lowest BCUT2D eigenvalue weighted by molar-refractivity contribution is -0.144. The Balaban J connectivity index is 2.05. The van der Waals surface area contributed by atoms with Gasteiger partial charge in [-0.1, -0.05) is 13.0 Å². The summed E-state index contributed by atoms with van der Waals surface area (Å²) >= 11 is 1.60. The van der Waals surface area contributed by atoms with Gasteiger partial charge in [-0.05, 0) is 51.0 Å². The predicted octanol–water partition coefficient (Wildman–Crippen LogP) is 5.06. The lowest BCUT2D eigenvalue weighted by atomic mass is 10.0. The lowest BCUT2D eigenvalue weighted by Gasteiger charge is -2.30. The number of pyridine rings is 1. The Bertz CT molecular complexity index is 1300. The standard InChI is InChI=1S/C27H35F3N8OS/c1-7-40-21-11-8-18(13-34-21)12-33-20(14-39)36-23-16(3)35-25(22(15(2)31)24(32-5)19-9-10-19)37-26(23)38(6)17(4)27(28,29)30/h8,11,13-14,17,19H,7,9-10,12,31H2,1-6H3,(H,33,36)/t17-/m0/s1. The van der Waals surface area contributed by atoms with E-state index in [0.29, 0.717) is 23.3 Å². The van der Waals surface area contributed by atoms with Crippen LogP contribution in [0.25, 0.3) is 5.57 Å². The smallest absolute Gasteiger partial charge is 0.402 e. The van der Waals surface area contributed by atoms with Crippen molar-refractivity contribution in [2.24, 2.45) is 21.6 Å². The van der Waals surface area contributed by atoms with E-state index < -0.39 is 12.2 Å². The number of aliphatic imine (C=N–C) groups is 2. The van der Waals surface area contributed by atoms with Crippen LogP contribution in [0.3, 0.4) is 0 Å². The van der Waals surface area contributed by atoms with Gasteiger partial charge < -0.3 is 16.0 Å². The first-order valence-corrected chi connectivity index (χ1v) is 13.9. The number of hydrogen-bond acceptors (Lipinski definition) is 9. The molecule has 40 heavy (non-hydrogen) atoms. The van der Waals surface area contributed by atoms with E-state index in [-0.39, 0.29) is 35.6 Å². The van der Waals surface area contributed by atoms with Gasteiger partial charge >= 0.3 is 6.18 Å². The van der Waals surface area contributed by atoms with Crippen LogP contribution >= 0.6 is 11.8 Å². The van der Waals surface area contributed by atoms with E-state index in [1.54, 1.807) is 38.9 Å². The molecule has 1 aliphatic carbocycles. The lowest BCUT2D eigenvalue weighted by Crippen LogP contribution is -2.42. The average Bonchev–Trinajstić information content (AvgIpc) is 3.75. The normalized spacial score (nSPS) is 15.9. The number of nitrogens with zero attached hydrogens (tertiary/aromatic N) is 6. The van der Waals surface area contributed by atoms with Gasteiger partial charge in [0, 0.05) is 31.9 Å². The summed E-state index contributed by atoms with van der Waals surface area (Å²) in [6.07, 6.45) is -0.478. The molecule has 0 aromatic carbocycles. The maximum atomic E-state index is 13.8. The van der Waals surface area contributed by atoms with Crippen LogP contribution in [0.1, 0.15) is 50.7 Å². The van der Waals surface area contributed by atoms with Gasteiger partial charge in [0.1, 0.15) is 11.7 Å². The van der Waals surface area contributed by atoms with Gasteiger partial charge in [-0.2, -0.15) is 13.2 Å². The van der Waals surface area contributed by atoms with Gasteiger partial charge in [0.15, 0.2) is 23.8 Å². The fourth-order valence-corrected chi connectivity index (χ4v) is 4.56. The van der Waals surface area contributed by atoms with Crippen molar-refractivity contribution in [3.05, 3.63) is 41.1 Å². The summed E-state index contributed by atoms with van der Waals surface area (Å²) in [4.78, 5) is 35.2. The maximum absolute atomic E-state index is 13.8. The maximum Gasteiger partial charge on any atom is 0.408 e. The Morgan fingerprint density at radius 3 is 2.52 bits per heavy atom. The Kier molecular flexibility index (Phi) is 10.3. The van der Waals surface area contributed by atoms with Crippen LogP contribution in [-0.2, 0) is 11.3 Å². The van der Waals surface area contributed by atoms with Crippen LogP contribution in [0.15, 0.2) is 39.0 Å². The molecule has 2 heterocycles. The van der Waals surface area contributed by atoms with E-state index in [2.05, 4.69) is 30.3 Å². The second kappa shape index (κ2) is 13.2. The highest BCUT2D eigenvalue weighted by Crippen LogP contribution is 2.38. The van der Waals surface area contributed by atoms with Crippen LogP contribution in [0.4, 0.5) is 24.7 Å². The van der Waals surface area contributed by atoms with Crippen LogP contribution in [0, 0.1) is 12.8 Å². The number of nitrogens with one attached hydrogen (secondary N) is 1. The van der Waals surface area contributed by atoms with Crippen LogP contribution in [0.2, 0.25) is 0 Å². The SMILES string of the molecule is CCSc1ccc(CN=C(C=O)Nc2c(C)nc(C(C(=NC)C3CC3)=C(C)N)nc2N(C)[C@@H](C)C(F)(F)F)cn1. The number of carbonyl (C=O) groups is 1. The van der Waals surface area contributed by atoms with Crippen molar-refractivity contribution in [1.29, 1.82) is 0 Å². The number of alkyl halides is 3. The quantitative estimate of drug-likeness (QED) is 0.165. The first-order chi connectivity index (χ1) is 18.9. The number of halogens is 3. The van der Waals surface area contributed by atoms with Gasteiger partial charge in [-0.25, -0.2) is 15.0 Å². The molecule has 1 fully saturated rings. The molecular formula is C27H35F3N8OS. The van der Waals surface area contributed by atoms with Crippen LogP contribution < -0.4 is 16.0 Å². The third-order valence-electron chi connectivity index (χ3n) is 6.43. The number of anilines is 2. The zero-order chi connectivity index (χ0) is 29.6. The highest BCUT2D eigenvalue weighted by molar-refractivity contribution is 7.99. The fourth-order valence-electron chi connectivity index (χ4n) is 3.97.